The van der Waals surface area contributed by atoms with Gasteiger partial charge in [0, 0.05) is 32.7 Å². The van der Waals surface area contributed by atoms with Crippen LogP contribution in [0.5, 0.6) is 0 Å². The second-order valence-electron chi connectivity index (χ2n) is 24.2. The van der Waals surface area contributed by atoms with Crippen molar-refractivity contribution in [3.8, 4) is 78.1 Å². The Bertz CT molecular complexity index is 6100. The fourth-order valence-corrected chi connectivity index (χ4v) is 23.1. The highest BCUT2D eigenvalue weighted by Gasteiger charge is 2.41. The van der Waals surface area contributed by atoms with E-state index in [0.29, 0.717) is 22.3 Å². The molecule has 0 saturated heterocycles. The summed E-state index contributed by atoms with van der Waals surface area (Å²) in [6, 6.07) is 95.1. The molecule has 0 radical (unpaired) electrons. The lowest BCUT2D eigenvalue weighted by atomic mass is 9.83. The smallest absolute Gasteiger partial charge is 0.209 e. The van der Waals surface area contributed by atoms with Gasteiger partial charge in [-0.1, -0.05) is 194 Å². The molecule has 2 aliphatic heterocycles. The Morgan fingerprint density at radius 3 is 0.760 bits per heavy atom. The van der Waals surface area contributed by atoms with Gasteiger partial charge in [0.25, 0.3) is 0 Å². The van der Waals surface area contributed by atoms with E-state index in [-0.39, 0.29) is 39.2 Å². The molecule has 0 N–H and O–H groups in total. The third kappa shape index (κ3) is 8.39. The molecule has 0 bridgehead atoms. The number of sulfone groups is 4. The van der Waals surface area contributed by atoms with Crippen molar-refractivity contribution in [3.05, 3.63) is 303 Å². The van der Waals surface area contributed by atoms with Crippen molar-refractivity contribution >= 4 is 93.7 Å². The number of hydrogen-bond acceptors (Lipinski definition) is 8. The zero-order valence-electron chi connectivity index (χ0n) is 50.7. The summed E-state index contributed by atoms with van der Waals surface area (Å²) in [7, 11) is -17.1. The molecule has 0 atom stereocenters. The average Bonchev–Trinajstić information content (AvgIpc) is 1.03. The van der Waals surface area contributed by atoms with Crippen molar-refractivity contribution < 1.29 is 33.7 Å². The molecule has 96 heavy (non-hydrogen) atoms. The molecular formula is C82H50N2O8S4. The molecule has 0 aliphatic carbocycles. The summed E-state index contributed by atoms with van der Waals surface area (Å²) in [6.45, 7) is 0. The van der Waals surface area contributed by atoms with E-state index in [9.17, 15) is 33.7 Å². The number of nitrogens with zero attached hydrogens (tertiary/aromatic N) is 2. The van der Waals surface area contributed by atoms with Crippen LogP contribution in [0.4, 0.5) is 0 Å². The van der Waals surface area contributed by atoms with Gasteiger partial charge in [-0.05, 0) is 176 Å². The van der Waals surface area contributed by atoms with E-state index < -0.39 is 39.3 Å². The Kier molecular flexibility index (Phi) is 12.6. The van der Waals surface area contributed by atoms with Crippen LogP contribution in [0, 0.1) is 0 Å². The Morgan fingerprint density at radius 1 is 0.188 bits per heavy atom. The largest absolute Gasteiger partial charge is 0.309 e. The maximum Gasteiger partial charge on any atom is 0.209 e. The monoisotopic (exact) mass is 1320 g/mol. The van der Waals surface area contributed by atoms with Crippen molar-refractivity contribution in [2.24, 2.45) is 0 Å². The normalized spacial score (nSPS) is 14.7. The minimum Gasteiger partial charge on any atom is -0.309 e. The number of fused-ring (bicyclic) bond motifs is 11. The predicted molar refractivity (Wildman–Crippen MR) is 380 cm³/mol. The predicted octanol–water partition coefficient (Wildman–Crippen LogP) is 19.0. The molecule has 460 valence electrons. The third-order valence-electron chi connectivity index (χ3n) is 19.1. The van der Waals surface area contributed by atoms with Crippen LogP contribution >= 0.6 is 0 Å². The lowest BCUT2D eigenvalue weighted by Crippen LogP contribution is -2.19. The highest BCUT2D eigenvalue weighted by molar-refractivity contribution is 7.98. The van der Waals surface area contributed by atoms with Gasteiger partial charge in [-0.3, -0.25) is 0 Å². The zero-order valence-corrected chi connectivity index (χ0v) is 53.9. The molecule has 0 saturated carbocycles. The summed E-state index contributed by atoms with van der Waals surface area (Å²) in [5.41, 5.74) is 14.6. The summed E-state index contributed by atoms with van der Waals surface area (Å²) in [5.74, 6) is 0. The van der Waals surface area contributed by atoms with Crippen molar-refractivity contribution in [1.29, 1.82) is 0 Å². The van der Waals surface area contributed by atoms with Crippen LogP contribution in [0.25, 0.3) is 133 Å². The Morgan fingerprint density at radius 2 is 0.427 bits per heavy atom. The van der Waals surface area contributed by atoms with Crippen molar-refractivity contribution in [2.45, 2.75) is 39.2 Å². The minimum absolute atomic E-state index is 0.254. The lowest BCUT2D eigenvalue weighted by Gasteiger charge is -2.23. The Hall–Kier alpha value is -11.3. The molecule has 0 amide bonds. The van der Waals surface area contributed by atoms with E-state index in [0.717, 1.165) is 110 Å². The highest BCUT2D eigenvalue weighted by Crippen LogP contribution is 2.51. The fourth-order valence-electron chi connectivity index (χ4n) is 14.8. The third-order valence-corrected chi connectivity index (χ3v) is 27.1. The first-order valence-corrected chi connectivity index (χ1v) is 37.0. The summed E-state index contributed by atoms with van der Waals surface area (Å²) >= 11 is 0. The average molecular weight is 1320 g/mol. The summed E-state index contributed by atoms with van der Waals surface area (Å²) in [4.78, 5) is -2.20. The topological polar surface area (TPSA) is 146 Å². The quantitative estimate of drug-likeness (QED) is 0.146. The second-order valence-corrected chi connectivity index (χ2v) is 31.8. The van der Waals surface area contributed by atoms with Crippen LogP contribution in [-0.2, 0) is 39.3 Å². The highest BCUT2D eigenvalue weighted by atomic mass is 32.2. The number of hydrogen-bond donors (Lipinski definition) is 0. The van der Waals surface area contributed by atoms with Crippen LogP contribution in [0.1, 0.15) is 0 Å². The molecule has 18 rings (SSSR count). The van der Waals surface area contributed by atoms with Gasteiger partial charge in [-0.15, -0.1) is 0 Å². The van der Waals surface area contributed by atoms with Crippen LogP contribution in [-0.4, -0.2) is 42.8 Å². The molecule has 0 unspecified atom stereocenters. The standard InChI is InChI=1S/C82H50N2O8S4/c85-93(86)75-37-17-19-39-77(75)95(89,90)81-49-51(41-43-79(81)93)55-21-1-3-23-57(55)65-45-53-48-68(64-30-10-16-36-74(64)84-71-33-13-7-27-61(71)62-28-8-14-34-72(62)84)66(58-24-4-2-22-56(58)52-42-44-80-82(50-52)96(91,92)78-40-20-18-38-76(78)94(80,87)88)46-54(53)47-67(65)63-29-9-15-35-73(63)83-69-31-11-5-25-59(69)60-26-6-12-32-70(60)83/h1-50H. The van der Waals surface area contributed by atoms with Crippen LogP contribution in [0.3, 0.4) is 0 Å². The van der Waals surface area contributed by atoms with Gasteiger partial charge in [0.1, 0.15) is 0 Å². The maximum absolute atomic E-state index is 14.7. The summed E-state index contributed by atoms with van der Waals surface area (Å²) < 4.78 is 121. The first kappa shape index (κ1) is 57.4. The molecule has 0 fully saturated rings. The minimum atomic E-state index is -4.31. The van der Waals surface area contributed by atoms with E-state index in [1.54, 1.807) is 12.1 Å². The molecule has 2 aromatic heterocycles. The number of benzene rings is 14. The molecule has 14 aromatic carbocycles. The first-order valence-electron chi connectivity index (χ1n) is 31.1. The lowest BCUT2D eigenvalue weighted by molar-refractivity contribution is 0.570. The van der Waals surface area contributed by atoms with E-state index in [1.807, 2.05) is 121 Å². The first-order chi connectivity index (χ1) is 46.7. The van der Waals surface area contributed by atoms with E-state index in [2.05, 4.69) is 106 Å². The van der Waals surface area contributed by atoms with Crippen molar-refractivity contribution in [1.82, 2.24) is 9.13 Å². The molecule has 14 heteroatoms. The molecule has 2 aliphatic rings. The molecule has 16 aromatic rings. The van der Waals surface area contributed by atoms with Gasteiger partial charge < -0.3 is 9.13 Å². The SMILES string of the molecule is O=S1(=O)c2ccccc2S(=O)(=O)c2cc(-c3ccccc3-c3cc4cc(-c5ccccc5-n5c6ccccc6c6ccccc65)c(-c5ccccc5-c5ccc6c(c5)S(=O)(=O)c5ccccc5S6(=O)=O)cc4cc3-c3ccccc3-n3c4ccccc4c4ccccc43)ccc21. The molecule has 10 nitrogen and oxygen atoms in total. The van der Waals surface area contributed by atoms with Gasteiger partial charge in [-0.25, -0.2) is 33.7 Å². The Balaban J connectivity index is 0.936. The number of rotatable bonds is 8. The zero-order chi connectivity index (χ0) is 65.0. The molecular weight excluding hydrogens is 1270 g/mol. The fraction of sp³-hybridized carbons (Fsp3) is 0. The van der Waals surface area contributed by atoms with Gasteiger partial charge in [-0.2, -0.15) is 0 Å². The number of aromatic nitrogens is 2. The second kappa shape index (κ2) is 21.1. The Labute approximate surface area is 553 Å². The molecule has 4 heterocycles. The van der Waals surface area contributed by atoms with Gasteiger partial charge in [0.2, 0.25) is 39.3 Å². The van der Waals surface area contributed by atoms with Crippen molar-refractivity contribution in [2.75, 3.05) is 0 Å². The van der Waals surface area contributed by atoms with E-state index in [1.165, 1.54) is 72.8 Å². The number of para-hydroxylation sites is 6. The van der Waals surface area contributed by atoms with E-state index >= 15 is 0 Å². The van der Waals surface area contributed by atoms with Crippen LogP contribution in [0.15, 0.2) is 342 Å². The van der Waals surface area contributed by atoms with Crippen LogP contribution in [0.2, 0.25) is 0 Å². The van der Waals surface area contributed by atoms with Crippen LogP contribution < -0.4 is 0 Å². The van der Waals surface area contributed by atoms with Crippen molar-refractivity contribution in [3.63, 3.8) is 0 Å². The summed E-state index contributed by atoms with van der Waals surface area (Å²) in [5, 5.41) is 6.01. The van der Waals surface area contributed by atoms with E-state index in [4.69, 9.17) is 0 Å². The molecule has 0 spiro atoms. The van der Waals surface area contributed by atoms with Gasteiger partial charge in [0.05, 0.1) is 72.6 Å². The maximum atomic E-state index is 14.7. The van der Waals surface area contributed by atoms with Gasteiger partial charge in [0.15, 0.2) is 0 Å². The van der Waals surface area contributed by atoms with Gasteiger partial charge >= 0.3 is 0 Å². The summed E-state index contributed by atoms with van der Waals surface area (Å²) in [6.07, 6.45) is 0.